The van der Waals surface area contributed by atoms with Crippen molar-refractivity contribution in [3.63, 3.8) is 0 Å². The molecular weight excluding hydrogens is 226 g/mol. The molecule has 1 saturated heterocycles. The fourth-order valence-corrected chi connectivity index (χ4v) is 2.53. The van der Waals surface area contributed by atoms with Crippen molar-refractivity contribution < 1.29 is 14.6 Å². The highest BCUT2D eigenvalue weighted by molar-refractivity contribution is 7.08. The number of hydrogen-bond acceptors (Lipinski definition) is 4. The Bertz CT molecular complexity index is 333. The van der Waals surface area contributed by atoms with Crippen molar-refractivity contribution in [3.8, 4) is 0 Å². The van der Waals surface area contributed by atoms with E-state index in [1.165, 1.54) is 11.3 Å². The van der Waals surface area contributed by atoms with Gasteiger partial charge in [0.1, 0.15) is 6.04 Å². The fourth-order valence-electron chi connectivity index (χ4n) is 1.84. The second-order valence-electron chi connectivity index (χ2n) is 3.87. The number of hydrogen-bond donors (Lipinski definition) is 2. The van der Waals surface area contributed by atoms with Gasteiger partial charge in [-0.2, -0.15) is 11.3 Å². The minimum atomic E-state index is -0.837. The van der Waals surface area contributed by atoms with Crippen LogP contribution in [0.25, 0.3) is 0 Å². The summed E-state index contributed by atoms with van der Waals surface area (Å²) < 4.78 is 5.45. The summed E-state index contributed by atoms with van der Waals surface area (Å²) in [6.45, 7) is 1.40. The normalized spacial score (nSPS) is 22.1. The third-order valence-corrected chi connectivity index (χ3v) is 3.40. The van der Waals surface area contributed by atoms with E-state index >= 15 is 0 Å². The van der Waals surface area contributed by atoms with Crippen LogP contribution in [-0.2, 0) is 9.53 Å². The van der Waals surface area contributed by atoms with Crippen LogP contribution in [-0.4, -0.2) is 30.3 Å². The SMILES string of the molecule is O=C(O)C(NCC1CCCO1)c1ccsc1. The van der Waals surface area contributed by atoms with Crippen LogP contribution in [0.2, 0.25) is 0 Å². The van der Waals surface area contributed by atoms with Gasteiger partial charge in [0.15, 0.2) is 0 Å². The van der Waals surface area contributed by atoms with E-state index in [2.05, 4.69) is 5.32 Å². The predicted octanol–water partition coefficient (Wildman–Crippen LogP) is 1.64. The van der Waals surface area contributed by atoms with Gasteiger partial charge in [-0.05, 0) is 35.2 Å². The maximum atomic E-state index is 11.1. The average Bonchev–Trinajstić information content (AvgIpc) is 2.88. The van der Waals surface area contributed by atoms with Gasteiger partial charge < -0.3 is 9.84 Å². The molecule has 0 aliphatic carbocycles. The first-order chi connectivity index (χ1) is 7.77. The monoisotopic (exact) mass is 241 g/mol. The minimum absolute atomic E-state index is 0.167. The van der Waals surface area contributed by atoms with Gasteiger partial charge in [-0.25, -0.2) is 0 Å². The molecule has 1 aromatic heterocycles. The largest absolute Gasteiger partial charge is 0.480 e. The minimum Gasteiger partial charge on any atom is -0.480 e. The zero-order valence-electron chi connectivity index (χ0n) is 8.89. The summed E-state index contributed by atoms with van der Waals surface area (Å²) in [5, 5.41) is 15.9. The number of carbonyl (C=O) groups is 1. The topological polar surface area (TPSA) is 58.6 Å². The van der Waals surface area contributed by atoms with Gasteiger partial charge in [0.05, 0.1) is 6.10 Å². The first-order valence-corrected chi connectivity index (χ1v) is 6.31. The van der Waals surface area contributed by atoms with Crippen molar-refractivity contribution in [2.24, 2.45) is 0 Å². The van der Waals surface area contributed by atoms with Gasteiger partial charge in [0, 0.05) is 13.2 Å². The number of carboxylic acids is 1. The lowest BCUT2D eigenvalue weighted by molar-refractivity contribution is -0.139. The summed E-state index contributed by atoms with van der Waals surface area (Å²) in [5.74, 6) is -0.837. The van der Waals surface area contributed by atoms with E-state index in [0.717, 1.165) is 25.0 Å². The average molecular weight is 241 g/mol. The summed E-state index contributed by atoms with van der Waals surface area (Å²) in [7, 11) is 0. The quantitative estimate of drug-likeness (QED) is 0.823. The molecule has 0 radical (unpaired) electrons. The van der Waals surface area contributed by atoms with Crippen molar-refractivity contribution in [1.29, 1.82) is 0 Å². The standard InChI is InChI=1S/C11H15NO3S/c13-11(14)10(8-3-5-16-7-8)12-6-9-2-1-4-15-9/h3,5,7,9-10,12H,1-2,4,6H2,(H,13,14). The first-order valence-electron chi connectivity index (χ1n) is 5.37. The van der Waals surface area contributed by atoms with Crippen LogP contribution in [0.5, 0.6) is 0 Å². The molecule has 1 aliphatic rings. The van der Waals surface area contributed by atoms with Gasteiger partial charge in [-0.3, -0.25) is 10.1 Å². The van der Waals surface area contributed by atoms with E-state index in [9.17, 15) is 4.79 Å². The molecule has 0 amide bonds. The van der Waals surface area contributed by atoms with Gasteiger partial charge in [0.2, 0.25) is 0 Å². The molecule has 1 fully saturated rings. The Kier molecular flexibility index (Phi) is 3.93. The maximum Gasteiger partial charge on any atom is 0.325 e. The molecule has 1 aliphatic heterocycles. The van der Waals surface area contributed by atoms with Crippen molar-refractivity contribution in [1.82, 2.24) is 5.32 Å². The summed E-state index contributed by atoms with van der Waals surface area (Å²) >= 11 is 1.51. The maximum absolute atomic E-state index is 11.1. The highest BCUT2D eigenvalue weighted by Crippen LogP contribution is 2.18. The molecule has 2 unspecified atom stereocenters. The molecule has 1 aromatic rings. The Morgan fingerprint density at radius 1 is 1.75 bits per heavy atom. The van der Waals surface area contributed by atoms with Gasteiger partial charge in [0.25, 0.3) is 0 Å². The van der Waals surface area contributed by atoms with Crippen LogP contribution in [0, 0.1) is 0 Å². The first kappa shape index (κ1) is 11.6. The Morgan fingerprint density at radius 3 is 3.19 bits per heavy atom. The van der Waals surface area contributed by atoms with Crippen LogP contribution in [0.15, 0.2) is 16.8 Å². The summed E-state index contributed by atoms with van der Waals surface area (Å²) in [4.78, 5) is 11.1. The Balaban J connectivity index is 1.90. The van der Waals surface area contributed by atoms with Crippen molar-refractivity contribution in [2.45, 2.75) is 25.0 Å². The molecule has 0 saturated carbocycles. The molecule has 2 rings (SSSR count). The predicted molar refractivity (Wildman–Crippen MR) is 61.7 cm³/mol. The number of carboxylic acid groups (broad SMARTS) is 1. The van der Waals surface area contributed by atoms with Crippen molar-refractivity contribution >= 4 is 17.3 Å². The molecule has 0 aromatic carbocycles. The van der Waals surface area contributed by atoms with E-state index in [-0.39, 0.29) is 6.10 Å². The summed E-state index contributed by atoms with van der Waals surface area (Å²) in [6.07, 6.45) is 2.26. The molecule has 16 heavy (non-hydrogen) atoms. The van der Waals surface area contributed by atoms with Gasteiger partial charge in [-0.15, -0.1) is 0 Å². The second-order valence-corrected chi connectivity index (χ2v) is 4.65. The van der Waals surface area contributed by atoms with E-state index in [4.69, 9.17) is 9.84 Å². The number of ether oxygens (including phenoxy) is 1. The van der Waals surface area contributed by atoms with Crippen LogP contribution in [0.1, 0.15) is 24.4 Å². The van der Waals surface area contributed by atoms with Gasteiger partial charge in [-0.1, -0.05) is 0 Å². The zero-order valence-corrected chi connectivity index (χ0v) is 9.70. The van der Waals surface area contributed by atoms with Crippen LogP contribution < -0.4 is 5.32 Å². The zero-order chi connectivity index (χ0) is 11.4. The Hall–Kier alpha value is -0.910. The lowest BCUT2D eigenvalue weighted by Gasteiger charge is -2.16. The van der Waals surface area contributed by atoms with E-state index in [1.807, 2.05) is 16.8 Å². The fraction of sp³-hybridized carbons (Fsp3) is 0.545. The third-order valence-electron chi connectivity index (χ3n) is 2.70. The molecule has 2 atom stereocenters. The lowest BCUT2D eigenvalue weighted by atomic mass is 10.1. The summed E-state index contributed by atoms with van der Waals surface area (Å²) in [5.41, 5.74) is 0.815. The van der Waals surface area contributed by atoms with E-state index in [1.54, 1.807) is 0 Å². The highest BCUT2D eigenvalue weighted by atomic mass is 32.1. The molecular formula is C11H15NO3S. The number of thiophene rings is 1. The van der Waals surface area contributed by atoms with Gasteiger partial charge >= 0.3 is 5.97 Å². The molecule has 2 heterocycles. The van der Waals surface area contributed by atoms with Crippen LogP contribution in [0.4, 0.5) is 0 Å². The van der Waals surface area contributed by atoms with Crippen LogP contribution in [0.3, 0.4) is 0 Å². The molecule has 88 valence electrons. The smallest absolute Gasteiger partial charge is 0.325 e. The molecule has 0 spiro atoms. The molecule has 5 heteroatoms. The van der Waals surface area contributed by atoms with Crippen molar-refractivity contribution in [3.05, 3.63) is 22.4 Å². The molecule has 4 nitrogen and oxygen atoms in total. The second kappa shape index (κ2) is 5.43. The highest BCUT2D eigenvalue weighted by Gasteiger charge is 2.22. The Morgan fingerprint density at radius 2 is 2.62 bits per heavy atom. The number of nitrogens with one attached hydrogen (secondary N) is 1. The molecule has 2 N–H and O–H groups in total. The third kappa shape index (κ3) is 2.81. The summed E-state index contributed by atoms with van der Waals surface area (Å²) in [6, 6.07) is 1.22. The van der Waals surface area contributed by atoms with E-state index in [0.29, 0.717) is 6.54 Å². The molecule has 0 bridgehead atoms. The van der Waals surface area contributed by atoms with Crippen molar-refractivity contribution in [2.75, 3.05) is 13.2 Å². The van der Waals surface area contributed by atoms with Crippen LogP contribution >= 0.6 is 11.3 Å². The van der Waals surface area contributed by atoms with E-state index < -0.39 is 12.0 Å². The number of aliphatic carboxylic acids is 1. The lowest BCUT2D eigenvalue weighted by Crippen LogP contribution is -2.34. The Labute approximate surface area is 98.2 Å². The number of rotatable bonds is 5.